The van der Waals surface area contributed by atoms with E-state index in [0.29, 0.717) is 11.1 Å². The van der Waals surface area contributed by atoms with Crippen LogP contribution in [0.3, 0.4) is 0 Å². The van der Waals surface area contributed by atoms with Crippen LogP contribution in [-0.4, -0.2) is 80.7 Å². The number of phenolic OH excluding ortho intramolecular Hbond substituents is 1. The second-order valence-corrected chi connectivity index (χ2v) is 9.42. The van der Waals surface area contributed by atoms with Gasteiger partial charge in [-0.2, -0.15) is 0 Å². The SMILES string of the molecule is NC(=O)CC(NC(=O)C(Cc1c[nH]c2ccccc12)NC(=O)C(N)Cc1ccc(O)cc1)C(=O)NC(CO)C(=O)O. The molecule has 41 heavy (non-hydrogen) atoms. The highest BCUT2D eigenvalue weighted by Gasteiger charge is 2.31. The van der Waals surface area contributed by atoms with Crippen LogP contribution in [0.25, 0.3) is 10.9 Å². The number of primary amides is 1. The number of aromatic hydroxyl groups is 1. The molecule has 0 radical (unpaired) electrons. The Balaban J connectivity index is 1.83. The van der Waals surface area contributed by atoms with Crippen LogP contribution in [0.2, 0.25) is 0 Å². The minimum absolute atomic E-state index is 0.0349. The number of H-pyrrole nitrogens is 1. The van der Waals surface area contributed by atoms with Gasteiger partial charge >= 0.3 is 5.97 Å². The van der Waals surface area contributed by atoms with Crippen molar-refractivity contribution in [3.8, 4) is 5.75 Å². The first-order valence-corrected chi connectivity index (χ1v) is 12.6. The Morgan fingerprint density at radius 2 is 1.44 bits per heavy atom. The van der Waals surface area contributed by atoms with E-state index in [1.807, 2.05) is 23.5 Å². The second-order valence-electron chi connectivity index (χ2n) is 9.42. The van der Waals surface area contributed by atoms with Crippen LogP contribution < -0.4 is 27.4 Å². The molecule has 1 heterocycles. The van der Waals surface area contributed by atoms with Crippen LogP contribution in [0.15, 0.2) is 54.7 Å². The van der Waals surface area contributed by atoms with Crippen molar-refractivity contribution in [3.05, 3.63) is 65.9 Å². The minimum Gasteiger partial charge on any atom is -0.508 e. The third-order valence-corrected chi connectivity index (χ3v) is 6.30. The number of benzene rings is 2. The number of carbonyl (C=O) groups excluding carboxylic acids is 4. The lowest BCUT2D eigenvalue weighted by molar-refractivity contribution is -0.143. The summed E-state index contributed by atoms with van der Waals surface area (Å²) in [5.41, 5.74) is 13.4. The van der Waals surface area contributed by atoms with Crippen molar-refractivity contribution in [1.29, 1.82) is 0 Å². The molecule has 0 saturated heterocycles. The first kappa shape index (κ1) is 30.6. The highest BCUT2D eigenvalue weighted by molar-refractivity contribution is 5.96. The molecule has 0 fully saturated rings. The Morgan fingerprint density at radius 3 is 2.07 bits per heavy atom. The molecule has 3 rings (SSSR count). The van der Waals surface area contributed by atoms with Crippen LogP contribution in [0, 0.1) is 0 Å². The number of aliphatic hydroxyl groups is 1. The van der Waals surface area contributed by atoms with Crippen molar-refractivity contribution < 1.29 is 39.3 Å². The minimum atomic E-state index is -1.69. The molecule has 4 unspecified atom stereocenters. The average molecular weight is 569 g/mol. The van der Waals surface area contributed by atoms with Crippen molar-refractivity contribution in [1.82, 2.24) is 20.9 Å². The summed E-state index contributed by atoms with van der Waals surface area (Å²) < 4.78 is 0. The van der Waals surface area contributed by atoms with Gasteiger partial charge in [-0.25, -0.2) is 4.79 Å². The predicted molar refractivity (Wildman–Crippen MR) is 146 cm³/mol. The first-order chi connectivity index (χ1) is 19.5. The number of hydrogen-bond acceptors (Lipinski definition) is 8. The summed E-state index contributed by atoms with van der Waals surface area (Å²) in [6, 6.07) is 7.72. The molecule has 2 aromatic carbocycles. The zero-order valence-electron chi connectivity index (χ0n) is 21.9. The van der Waals surface area contributed by atoms with E-state index in [9.17, 15) is 34.2 Å². The van der Waals surface area contributed by atoms with E-state index in [1.165, 1.54) is 12.1 Å². The lowest BCUT2D eigenvalue weighted by Gasteiger charge is -2.24. The van der Waals surface area contributed by atoms with Gasteiger partial charge in [0.15, 0.2) is 0 Å². The zero-order chi connectivity index (χ0) is 30.1. The molecule has 4 amide bonds. The van der Waals surface area contributed by atoms with E-state index in [-0.39, 0.29) is 18.6 Å². The number of amides is 4. The molecule has 218 valence electrons. The van der Waals surface area contributed by atoms with Gasteiger partial charge in [0.05, 0.1) is 19.1 Å². The first-order valence-electron chi connectivity index (χ1n) is 12.6. The highest BCUT2D eigenvalue weighted by Crippen LogP contribution is 2.19. The van der Waals surface area contributed by atoms with Gasteiger partial charge in [-0.1, -0.05) is 30.3 Å². The van der Waals surface area contributed by atoms with Crippen LogP contribution in [0.4, 0.5) is 0 Å². The summed E-state index contributed by atoms with van der Waals surface area (Å²) in [5.74, 6) is -5.06. The molecule has 0 bridgehead atoms. The van der Waals surface area contributed by atoms with Crippen molar-refractivity contribution in [2.75, 3.05) is 6.61 Å². The van der Waals surface area contributed by atoms with Gasteiger partial charge in [-0.3, -0.25) is 19.2 Å². The van der Waals surface area contributed by atoms with Crippen LogP contribution in [0.5, 0.6) is 5.75 Å². The molecular formula is C27H32N6O8. The summed E-state index contributed by atoms with van der Waals surface area (Å²) in [6.07, 6.45) is 1.05. The van der Waals surface area contributed by atoms with Gasteiger partial charge < -0.3 is 47.7 Å². The molecule has 3 aromatic rings. The van der Waals surface area contributed by atoms with E-state index >= 15 is 0 Å². The maximum absolute atomic E-state index is 13.4. The topological polar surface area (TPSA) is 250 Å². The van der Waals surface area contributed by atoms with Gasteiger partial charge in [0.25, 0.3) is 0 Å². The van der Waals surface area contributed by atoms with Gasteiger partial charge in [0, 0.05) is 23.5 Å². The van der Waals surface area contributed by atoms with Gasteiger partial charge in [0.2, 0.25) is 23.6 Å². The predicted octanol–water partition coefficient (Wildman–Crippen LogP) is -1.61. The number of carboxylic acid groups (broad SMARTS) is 1. The number of aliphatic carboxylic acids is 1. The fourth-order valence-corrected chi connectivity index (χ4v) is 4.13. The molecule has 0 spiro atoms. The number of para-hydroxylation sites is 1. The average Bonchev–Trinajstić information content (AvgIpc) is 3.34. The van der Waals surface area contributed by atoms with E-state index in [4.69, 9.17) is 16.6 Å². The monoisotopic (exact) mass is 568 g/mol. The Hall–Kier alpha value is -4.95. The fourth-order valence-electron chi connectivity index (χ4n) is 4.13. The Morgan fingerprint density at radius 1 is 0.829 bits per heavy atom. The number of rotatable bonds is 14. The van der Waals surface area contributed by atoms with Gasteiger partial charge in [-0.15, -0.1) is 0 Å². The summed E-state index contributed by atoms with van der Waals surface area (Å²) in [6.45, 7) is -0.934. The van der Waals surface area contributed by atoms with Gasteiger partial charge in [-0.05, 0) is 35.7 Å². The molecule has 11 N–H and O–H groups in total. The molecule has 14 heteroatoms. The Bertz CT molecular complexity index is 1410. The maximum atomic E-state index is 13.4. The normalized spacial score (nSPS) is 13.9. The molecule has 0 saturated carbocycles. The van der Waals surface area contributed by atoms with E-state index in [1.54, 1.807) is 24.4 Å². The summed E-state index contributed by atoms with van der Waals surface area (Å²) in [5, 5.41) is 35.6. The lowest BCUT2D eigenvalue weighted by Crippen LogP contribution is -2.58. The highest BCUT2D eigenvalue weighted by atomic mass is 16.4. The Labute approximate surface area is 234 Å². The van der Waals surface area contributed by atoms with Crippen LogP contribution >= 0.6 is 0 Å². The number of carbonyl (C=O) groups is 5. The molecular weight excluding hydrogens is 536 g/mol. The maximum Gasteiger partial charge on any atom is 0.328 e. The molecule has 0 aliphatic heterocycles. The molecule has 14 nitrogen and oxygen atoms in total. The van der Waals surface area contributed by atoms with Gasteiger partial charge in [0.1, 0.15) is 23.9 Å². The number of fused-ring (bicyclic) bond motifs is 1. The van der Waals surface area contributed by atoms with Crippen molar-refractivity contribution in [2.45, 2.75) is 43.4 Å². The number of aliphatic hydroxyl groups excluding tert-OH is 1. The third kappa shape index (κ3) is 8.52. The number of hydrogen-bond donors (Lipinski definition) is 9. The Kier molecular flexibility index (Phi) is 10.4. The lowest BCUT2D eigenvalue weighted by atomic mass is 10.0. The number of aromatic amines is 1. The summed E-state index contributed by atoms with van der Waals surface area (Å²) in [7, 11) is 0. The van der Waals surface area contributed by atoms with Crippen molar-refractivity contribution in [3.63, 3.8) is 0 Å². The summed E-state index contributed by atoms with van der Waals surface area (Å²) >= 11 is 0. The molecule has 0 aliphatic rings. The zero-order valence-corrected chi connectivity index (χ0v) is 21.9. The van der Waals surface area contributed by atoms with E-state index in [2.05, 4.69) is 15.6 Å². The second kappa shape index (κ2) is 13.9. The number of nitrogens with two attached hydrogens (primary N) is 2. The third-order valence-electron chi connectivity index (χ3n) is 6.30. The molecule has 1 aromatic heterocycles. The largest absolute Gasteiger partial charge is 0.508 e. The van der Waals surface area contributed by atoms with Crippen LogP contribution in [-0.2, 0) is 36.8 Å². The smallest absolute Gasteiger partial charge is 0.328 e. The van der Waals surface area contributed by atoms with Crippen molar-refractivity contribution in [2.24, 2.45) is 11.5 Å². The van der Waals surface area contributed by atoms with E-state index < -0.39 is 66.8 Å². The summed E-state index contributed by atoms with van der Waals surface area (Å²) in [4.78, 5) is 65.2. The number of phenols is 1. The van der Waals surface area contributed by atoms with Crippen LogP contribution in [0.1, 0.15) is 17.5 Å². The molecule has 0 aliphatic carbocycles. The molecule has 4 atom stereocenters. The fraction of sp³-hybridized carbons (Fsp3) is 0.296. The standard InChI is InChI=1S/C27H32N6O8/c28-18(9-14-5-7-16(35)8-6-14)24(37)31-20(10-15-12-30-19-4-2-1-3-17(15)19)25(38)32-21(11-23(29)36)26(39)33-22(13-34)27(40)41/h1-8,12,18,20-22,30,34-35H,9-11,13,28H2,(H2,29,36)(H,31,37)(H,32,38)(H,33,39)(H,40,41). The van der Waals surface area contributed by atoms with Crippen molar-refractivity contribution >= 4 is 40.5 Å². The number of nitrogens with one attached hydrogen (secondary N) is 4. The van der Waals surface area contributed by atoms with E-state index in [0.717, 1.165) is 10.9 Å². The number of carboxylic acids is 1. The quantitative estimate of drug-likeness (QED) is 0.108. The number of aromatic nitrogens is 1.